The summed E-state index contributed by atoms with van der Waals surface area (Å²) in [4.78, 5) is 6.41. The normalized spacial score (nSPS) is 10.3. The Morgan fingerprint density at radius 1 is 1.28 bits per heavy atom. The molecule has 0 unspecified atom stereocenters. The van der Waals surface area contributed by atoms with E-state index < -0.39 is 0 Å². The van der Waals surface area contributed by atoms with E-state index in [1.165, 1.54) is 0 Å². The van der Waals surface area contributed by atoms with Gasteiger partial charge < -0.3 is 10.6 Å². The van der Waals surface area contributed by atoms with Gasteiger partial charge in [0.05, 0.1) is 11.4 Å². The molecule has 0 fully saturated rings. The first kappa shape index (κ1) is 12.7. The molecule has 0 atom stereocenters. The monoisotopic (exact) mass is 261 g/mol. The number of nitrogen functional groups attached to an aromatic ring is 1. The summed E-state index contributed by atoms with van der Waals surface area (Å²) in [6, 6.07) is 11.5. The van der Waals surface area contributed by atoms with Crippen molar-refractivity contribution in [2.24, 2.45) is 0 Å². The molecule has 0 amide bonds. The number of hydrogen-bond acceptors (Lipinski definition) is 3. The van der Waals surface area contributed by atoms with E-state index in [4.69, 9.17) is 17.3 Å². The maximum absolute atomic E-state index is 5.95. The van der Waals surface area contributed by atoms with Crippen molar-refractivity contribution in [3.8, 4) is 0 Å². The van der Waals surface area contributed by atoms with E-state index in [9.17, 15) is 0 Å². The molecule has 1 heterocycles. The molecule has 2 N–H and O–H groups in total. The van der Waals surface area contributed by atoms with Gasteiger partial charge >= 0.3 is 0 Å². The number of hydrogen-bond donors (Lipinski definition) is 1. The van der Waals surface area contributed by atoms with Gasteiger partial charge in [-0.3, -0.25) is 4.98 Å². The van der Waals surface area contributed by atoms with Crippen LogP contribution in [0.3, 0.4) is 0 Å². The highest BCUT2D eigenvalue weighted by Crippen LogP contribution is 2.25. The van der Waals surface area contributed by atoms with Crippen molar-refractivity contribution in [2.75, 3.05) is 24.2 Å². The third-order valence-corrected chi connectivity index (χ3v) is 3.07. The third kappa shape index (κ3) is 3.14. The molecule has 0 bridgehead atoms. The molecule has 1 aromatic carbocycles. The quantitative estimate of drug-likeness (QED) is 0.861. The van der Waals surface area contributed by atoms with Crippen molar-refractivity contribution in [1.82, 2.24) is 4.98 Å². The van der Waals surface area contributed by atoms with Crippen molar-refractivity contribution in [2.45, 2.75) is 6.42 Å². The summed E-state index contributed by atoms with van der Waals surface area (Å²) < 4.78 is 0. The SMILES string of the molecule is CN(CCc1ccccn1)c1ccc(Cl)cc1N. The van der Waals surface area contributed by atoms with Gasteiger partial charge in [0.15, 0.2) is 0 Å². The molecular formula is C14H16ClN3. The van der Waals surface area contributed by atoms with Crippen LogP contribution in [-0.4, -0.2) is 18.6 Å². The lowest BCUT2D eigenvalue weighted by Gasteiger charge is -2.21. The average molecular weight is 262 g/mol. The number of likely N-dealkylation sites (N-methyl/N-ethyl adjacent to an activating group) is 1. The van der Waals surface area contributed by atoms with Crippen molar-refractivity contribution in [3.05, 3.63) is 53.3 Å². The Hall–Kier alpha value is -1.74. The predicted octanol–water partition coefficient (Wildman–Crippen LogP) is 3.00. The highest BCUT2D eigenvalue weighted by molar-refractivity contribution is 6.31. The lowest BCUT2D eigenvalue weighted by atomic mass is 10.2. The Balaban J connectivity index is 2.01. The molecule has 18 heavy (non-hydrogen) atoms. The molecule has 0 aliphatic carbocycles. The number of benzene rings is 1. The minimum absolute atomic E-state index is 0.661. The molecule has 2 rings (SSSR count). The fourth-order valence-electron chi connectivity index (χ4n) is 1.82. The van der Waals surface area contributed by atoms with Crippen LogP contribution in [0, 0.1) is 0 Å². The molecule has 0 saturated carbocycles. The number of rotatable bonds is 4. The molecule has 0 radical (unpaired) electrons. The van der Waals surface area contributed by atoms with Gasteiger partial charge in [-0.15, -0.1) is 0 Å². The lowest BCUT2D eigenvalue weighted by molar-refractivity contribution is 0.853. The van der Waals surface area contributed by atoms with Crippen molar-refractivity contribution >= 4 is 23.0 Å². The largest absolute Gasteiger partial charge is 0.397 e. The molecule has 0 aliphatic rings. The predicted molar refractivity (Wildman–Crippen MR) is 77.1 cm³/mol. The summed E-state index contributed by atoms with van der Waals surface area (Å²) in [5.41, 5.74) is 8.73. The summed E-state index contributed by atoms with van der Waals surface area (Å²) in [5.74, 6) is 0. The van der Waals surface area contributed by atoms with Gasteiger partial charge in [0, 0.05) is 36.9 Å². The summed E-state index contributed by atoms with van der Waals surface area (Å²) in [7, 11) is 2.02. The maximum atomic E-state index is 5.95. The highest BCUT2D eigenvalue weighted by atomic mass is 35.5. The molecule has 0 aliphatic heterocycles. The molecule has 2 aromatic rings. The van der Waals surface area contributed by atoms with Crippen LogP contribution in [0.1, 0.15) is 5.69 Å². The zero-order chi connectivity index (χ0) is 13.0. The summed E-state index contributed by atoms with van der Waals surface area (Å²) in [6.45, 7) is 0.864. The third-order valence-electron chi connectivity index (χ3n) is 2.83. The van der Waals surface area contributed by atoms with Gasteiger partial charge in [-0.05, 0) is 30.3 Å². The van der Waals surface area contributed by atoms with E-state index in [-0.39, 0.29) is 0 Å². The topological polar surface area (TPSA) is 42.2 Å². The molecule has 0 spiro atoms. The van der Waals surface area contributed by atoms with Crippen LogP contribution in [0.15, 0.2) is 42.6 Å². The fraction of sp³-hybridized carbons (Fsp3) is 0.214. The van der Waals surface area contributed by atoms with Crippen molar-refractivity contribution < 1.29 is 0 Å². The molecule has 94 valence electrons. The number of nitrogens with two attached hydrogens (primary N) is 1. The van der Waals surface area contributed by atoms with Crippen LogP contribution in [0.25, 0.3) is 0 Å². The minimum atomic E-state index is 0.661. The van der Waals surface area contributed by atoms with Crippen LogP contribution in [-0.2, 0) is 6.42 Å². The smallest absolute Gasteiger partial charge is 0.0598 e. The van der Waals surface area contributed by atoms with E-state index in [1.807, 2.05) is 43.6 Å². The number of halogens is 1. The first-order valence-corrected chi connectivity index (χ1v) is 6.20. The van der Waals surface area contributed by atoms with E-state index in [0.717, 1.165) is 24.3 Å². The van der Waals surface area contributed by atoms with Crippen molar-refractivity contribution in [1.29, 1.82) is 0 Å². The van der Waals surface area contributed by atoms with Crippen LogP contribution < -0.4 is 10.6 Å². The van der Waals surface area contributed by atoms with Crippen LogP contribution in [0.2, 0.25) is 5.02 Å². The van der Waals surface area contributed by atoms with Gasteiger partial charge in [0.25, 0.3) is 0 Å². The molecule has 0 saturated heterocycles. The molecule has 1 aromatic heterocycles. The number of anilines is 2. The van der Waals surface area contributed by atoms with E-state index >= 15 is 0 Å². The lowest BCUT2D eigenvalue weighted by Crippen LogP contribution is -2.21. The van der Waals surface area contributed by atoms with Crippen LogP contribution in [0.4, 0.5) is 11.4 Å². The highest BCUT2D eigenvalue weighted by Gasteiger charge is 2.06. The Bertz CT molecular complexity index is 514. The second kappa shape index (κ2) is 5.74. The van der Waals surface area contributed by atoms with E-state index in [2.05, 4.69) is 9.88 Å². The number of nitrogens with zero attached hydrogens (tertiary/aromatic N) is 2. The zero-order valence-corrected chi connectivity index (χ0v) is 11.1. The van der Waals surface area contributed by atoms with Gasteiger partial charge in [-0.25, -0.2) is 0 Å². The molecule has 3 nitrogen and oxygen atoms in total. The first-order valence-electron chi connectivity index (χ1n) is 5.83. The van der Waals surface area contributed by atoms with Gasteiger partial charge in [-0.2, -0.15) is 0 Å². The van der Waals surface area contributed by atoms with Gasteiger partial charge in [-0.1, -0.05) is 17.7 Å². The zero-order valence-electron chi connectivity index (χ0n) is 10.3. The Morgan fingerprint density at radius 2 is 2.11 bits per heavy atom. The fourth-order valence-corrected chi connectivity index (χ4v) is 2.00. The van der Waals surface area contributed by atoms with Crippen LogP contribution in [0.5, 0.6) is 0 Å². The summed E-state index contributed by atoms with van der Waals surface area (Å²) >= 11 is 5.89. The maximum Gasteiger partial charge on any atom is 0.0598 e. The van der Waals surface area contributed by atoms with Gasteiger partial charge in [0.1, 0.15) is 0 Å². The average Bonchev–Trinajstić information content (AvgIpc) is 2.37. The second-order valence-corrected chi connectivity index (χ2v) is 4.63. The van der Waals surface area contributed by atoms with E-state index in [0.29, 0.717) is 10.7 Å². The van der Waals surface area contributed by atoms with Crippen LogP contribution >= 0.6 is 11.6 Å². The van der Waals surface area contributed by atoms with E-state index in [1.54, 1.807) is 6.07 Å². The Morgan fingerprint density at radius 3 is 2.78 bits per heavy atom. The Kier molecular flexibility index (Phi) is 4.05. The number of pyridine rings is 1. The molecular weight excluding hydrogens is 246 g/mol. The minimum Gasteiger partial charge on any atom is -0.397 e. The second-order valence-electron chi connectivity index (χ2n) is 4.20. The number of aromatic nitrogens is 1. The first-order chi connectivity index (χ1) is 8.66. The molecule has 4 heteroatoms. The Labute approximate surface area is 112 Å². The summed E-state index contributed by atoms with van der Waals surface area (Å²) in [6.07, 6.45) is 2.70. The van der Waals surface area contributed by atoms with Crippen molar-refractivity contribution in [3.63, 3.8) is 0 Å². The van der Waals surface area contributed by atoms with Gasteiger partial charge in [0.2, 0.25) is 0 Å². The summed E-state index contributed by atoms with van der Waals surface area (Å²) in [5, 5.41) is 0.661. The standard InChI is InChI=1S/C14H16ClN3/c1-18(9-7-12-4-2-3-8-17-12)14-6-5-11(15)10-13(14)16/h2-6,8,10H,7,9,16H2,1H3.